The Morgan fingerprint density at radius 3 is 2.44 bits per heavy atom. The van der Waals surface area contributed by atoms with Gasteiger partial charge < -0.3 is 24.1 Å². The standard InChI is InChI=1S/C18H17BrF2N2O4/c19-14-4-3-13(27-14)17(24)22-12-2-1-11(20)15(21)16(12)23-7-5-18(6-8-23)25-9-10-26-18/h1-4H,5-10H2,(H,22,24). The van der Waals surface area contributed by atoms with Gasteiger partial charge in [0.25, 0.3) is 5.91 Å². The molecule has 0 atom stereocenters. The fraction of sp³-hybridized carbons (Fsp3) is 0.389. The minimum absolute atomic E-state index is 0.0156. The summed E-state index contributed by atoms with van der Waals surface area (Å²) in [5.74, 6) is -3.11. The summed E-state index contributed by atoms with van der Waals surface area (Å²) in [4.78, 5) is 14.1. The zero-order valence-corrected chi connectivity index (χ0v) is 15.9. The van der Waals surface area contributed by atoms with E-state index < -0.39 is 23.3 Å². The summed E-state index contributed by atoms with van der Waals surface area (Å²) in [5.41, 5.74) is 0.192. The molecule has 4 rings (SSSR count). The second-order valence-electron chi connectivity index (χ2n) is 6.41. The van der Waals surface area contributed by atoms with Gasteiger partial charge in [0.05, 0.1) is 24.6 Å². The highest BCUT2D eigenvalue weighted by atomic mass is 79.9. The van der Waals surface area contributed by atoms with Gasteiger partial charge in [0.15, 0.2) is 27.9 Å². The molecule has 144 valence electrons. The van der Waals surface area contributed by atoms with Crippen LogP contribution in [0.3, 0.4) is 0 Å². The largest absolute Gasteiger partial charge is 0.444 e. The summed E-state index contributed by atoms with van der Waals surface area (Å²) in [5, 5.41) is 2.60. The number of nitrogens with one attached hydrogen (secondary N) is 1. The first-order valence-corrected chi connectivity index (χ1v) is 9.34. The third-order valence-electron chi connectivity index (χ3n) is 4.77. The lowest BCUT2D eigenvalue weighted by molar-refractivity contribution is -0.169. The van der Waals surface area contributed by atoms with Crippen molar-refractivity contribution in [1.29, 1.82) is 0 Å². The fourth-order valence-electron chi connectivity index (χ4n) is 3.43. The van der Waals surface area contributed by atoms with Gasteiger partial charge in [0, 0.05) is 25.9 Å². The highest BCUT2D eigenvalue weighted by Crippen LogP contribution is 2.38. The van der Waals surface area contributed by atoms with Gasteiger partial charge in [-0.25, -0.2) is 8.78 Å². The molecule has 1 spiro atoms. The molecule has 27 heavy (non-hydrogen) atoms. The Balaban J connectivity index is 1.58. The van der Waals surface area contributed by atoms with Crippen molar-refractivity contribution in [3.05, 3.63) is 46.3 Å². The van der Waals surface area contributed by atoms with E-state index in [1.54, 1.807) is 11.0 Å². The van der Waals surface area contributed by atoms with E-state index in [-0.39, 0.29) is 17.1 Å². The first kappa shape index (κ1) is 18.4. The lowest BCUT2D eigenvalue weighted by Gasteiger charge is -2.39. The smallest absolute Gasteiger partial charge is 0.291 e. The highest BCUT2D eigenvalue weighted by molar-refractivity contribution is 9.10. The lowest BCUT2D eigenvalue weighted by Crippen LogP contribution is -2.45. The first-order chi connectivity index (χ1) is 13.0. The molecule has 3 heterocycles. The second-order valence-corrected chi connectivity index (χ2v) is 7.19. The molecule has 1 aromatic carbocycles. The average molecular weight is 443 g/mol. The van der Waals surface area contributed by atoms with Gasteiger partial charge in [0.1, 0.15) is 0 Å². The maximum absolute atomic E-state index is 14.6. The van der Waals surface area contributed by atoms with Crippen LogP contribution in [0, 0.1) is 11.6 Å². The number of hydrogen-bond acceptors (Lipinski definition) is 5. The molecule has 0 aliphatic carbocycles. The minimum atomic E-state index is -1.00. The first-order valence-electron chi connectivity index (χ1n) is 8.55. The van der Waals surface area contributed by atoms with Crippen molar-refractivity contribution in [1.82, 2.24) is 0 Å². The molecule has 2 saturated heterocycles. The van der Waals surface area contributed by atoms with Gasteiger partial charge in [-0.15, -0.1) is 0 Å². The van der Waals surface area contributed by atoms with Crippen molar-refractivity contribution >= 4 is 33.2 Å². The Hall–Kier alpha value is -1.97. The van der Waals surface area contributed by atoms with E-state index >= 15 is 0 Å². The molecule has 2 aromatic rings. The van der Waals surface area contributed by atoms with Crippen LogP contribution >= 0.6 is 15.9 Å². The van der Waals surface area contributed by atoms with E-state index in [4.69, 9.17) is 13.9 Å². The molecule has 9 heteroatoms. The minimum Gasteiger partial charge on any atom is -0.444 e. The Bertz CT molecular complexity index is 857. The quantitative estimate of drug-likeness (QED) is 0.780. The van der Waals surface area contributed by atoms with Crippen molar-refractivity contribution in [3.63, 3.8) is 0 Å². The Morgan fingerprint density at radius 1 is 1.11 bits per heavy atom. The molecule has 0 radical (unpaired) electrons. The normalized spacial score (nSPS) is 18.9. The molecular formula is C18H17BrF2N2O4. The predicted octanol–water partition coefficient (Wildman–Crippen LogP) is 3.92. The van der Waals surface area contributed by atoms with Crippen molar-refractivity contribution in [2.45, 2.75) is 18.6 Å². The molecule has 2 fully saturated rings. The summed E-state index contributed by atoms with van der Waals surface area (Å²) < 4.78 is 45.4. The monoisotopic (exact) mass is 442 g/mol. The highest BCUT2D eigenvalue weighted by Gasteiger charge is 2.40. The van der Waals surface area contributed by atoms with Crippen LogP contribution in [0.5, 0.6) is 0 Å². The third-order valence-corrected chi connectivity index (χ3v) is 5.20. The van der Waals surface area contributed by atoms with Crippen LogP contribution in [0.1, 0.15) is 23.4 Å². The van der Waals surface area contributed by atoms with E-state index in [0.717, 1.165) is 6.07 Å². The predicted molar refractivity (Wildman–Crippen MR) is 96.8 cm³/mol. The van der Waals surface area contributed by atoms with Gasteiger partial charge >= 0.3 is 0 Å². The van der Waals surface area contributed by atoms with Crippen LogP contribution in [-0.2, 0) is 9.47 Å². The number of anilines is 2. The van der Waals surface area contributed by atoms with Crippen molar-refractivity contribution in [2.24, 2.45) is 0 Å². The van der Waals surface area contributed by atoms with Crippen LogP contribution in [0.4, 0.5) is 20.2 Å². The number of hydrogen-bond donors (Lipinski definition) is 1. The zero-order valence-electron chi connectivity index (χ0n) is 14.3. The summed E-state index contributed by atoms with van der Waals surface area (Å²) in [7, 11) is 0. The number of carbonyl (C=O) groups is 1. The number of carbonyl (C=O) groups excluding carboxylic acids is 1. The van der Waals surface area contributed by atoms with E-state index in [2.05, 4.69) is 21.2 Å². The Morgan fingerprint density at radius 2 is 1.81 bits per heavy atom. The van der Waals surface area contributed by atoms with Crippen molar-refractivity contribution < 1.29 is 27.5 Å². The average Bonchev–Trinajstić information content (AvgIpc) is 3.29. The van der Waals surface area contributed by atoms with Crippen molar-refractivity contribution in [2.75, 3.05) is 36.5 Å². The van der Waals surface area contributed by atoms with Gasteiger partial charge in [-0.05, 0) is 40.2 Å². The van der Waals surface area contributed by atoms with E-state index in [9.17, 15) is 13.6 Å². The molecule has 2 aliphatic rings. The molecule has 1 amide bonds. The number of rotatable bonds is 3. The Labute approximate surface area is 162 Å². The second kappa shape index (κ2) is 7.21. The fourth-order valence-corrected chi connectivity index (χ4v) is 3.73. The molecule has 0 saturated carbocycles. The van der Waals surface area contributed by atoms with Crippen molar-refractivity contribution in [3.8, 4) is 0 Å². The maximum Gasteiger partial charge on any atom is 0.291 e. The summed E-state index contributed by atoms with van der Waals surface area (Å²) in [6.07, 6.45) is 1.06. The molecule has 6 nitrogen and oxygen atoms in total. The van der Waals surface area contributed by atoms with Gasteiger partial charge in [-0.1, -0.05) is 0 Å². The van der Waals surface area contributed by atoms with E-state index in [0.29, 0.717) is 43.8 Å². The van der Waals surface area contributed by atoms with E-state index in [1.165, 1.54) is 12.1 Å². The topological polar surface area (TPSA) is 63.9 Å². The van der Waals surface area contributed by atoms with Crippen LogP contribution < -0.4 is 10.2 Å². The van der Waals surface area contributed by atoms with Gasteiger partial charge in [-0.3, -0.25) is 4.79 Å². The number of halogens is 3. The zero-order chi connectivity index (χ0) is 19.0. The van der Waals surface area contributed by atoms with E-state index in [1.807, 2.05) is 0 Å². The van der Waals surface area contributed by atoms with Gasteiger partial charge in [-0.2, -0.15) is 0 Å². The number of furan rings is 1. The summed E-state index contributed by atoms with van der Waals surface area (Å²) in [6.45, 7) is 1.90. The SMILES string of the molecule is O=C(Nc1ccc(F)c(F)c1N1CCC2(CC1)OCCO2)c1ccc(Br)o1. The molecule has 0 unspecified atom stereocenters. The number of piperidine rings is 1. The lowest BCUT2D eigenvalue weighted by atomic mass is 10.0. The molecule has 2 aliphatic heterocycles. The van der Waals surface area contributed by atoms with Crippen LogP contribution in [0.25, 0.3) is 0 Å². The van der Waals surface area contributed by atoms with Crippen LogP contribution in [0.15, 0.2) is 33.4 Å². The number of benzene rings is 1. The summed E-state index contributed by atoms with van der Waals surface area (Å²) >= 11 is 3.13. The number of ether oxygens (including phenoxy) is 2. The molecular weight excluding hydrogens is 426 g/mol. The Kier molecular flexibility index (Phi) is 4.92. The third kappa shape index (κ3) is 3.59. The van der Waals surface area contributed by atoms with Gasteiger partial charge in [0.2, 0.25) is 0 Å². The molecule has 0 bridgehead atoms. The number of amides is 1. The molecule has 1 aromatic heterocycles. The van der Waals surface area contributed by atoms with Crippen LogP contribution in [-0.4, -0.2) is 38.0 Å². The maximum atomic E-state index is 14.6. The summed E-state index contributed by atoms with van der Waals surface area (Å²) in [6, 6.07) is 5.39. The number of nitrogens with zero attached hydrogens (tertiary/aromatic N) is 1. The van der Waals surface area contributed by atoms with Crippen LogP contribution in [0.2, 0.25) is 0 Å². The molecule has 1 N–H and O–H groups in total.